The van der Waals surface area contributed by atoms with Crippen LogP contribution in [0.2, 0.25) is 0 Å². The van der Waals surface area contributed by atoms with Crippen LogP contribution in [-0.2, 0) is 6.54 Å². The molecule has 0 saturated carbocycles. The third kappa shape index (κ3) is 2.33. The van der Waals surface area contributed by atoms with Gasteiger partial charge in [0.1, 0.15) is 0 Å². The summed E-state index contributed by atoms with van der Waals surface area (Å²) in [7, 11) is 0. The van der Waals surface area contributed by atoms with Crippen LogP contribution in [0.15, 0.2) is 30.3 Å². The van der Waals surface area contributed by atoms with Gasteiger partial charge < -0.3 is 10.1 Å². The van der Waals surface area contributed by atoms with Crippen molar-refractivity contribution in [2.45, 2.75) is 20.4 Å². The summed E-state index contributed by atoms with van der Waals surface area (Å²) >= 11 is 0. The van der Waals surface area contributed by atoms with E-state index in [-0.39, 0.29) is 5.82 Å². The van der Waals surface area contributed by atoms with Crippen molar-refractivity contribution >= 4 is 5.82 Å². The van der Waals surface area contributed by atoms with Gasteiger partial charge in [-0.2, -0.15) is 4.68 Å². The van der Waals surface area contributed by atoms with Crippen LogP contribution >= 0.6 is 0 Å². The zero-order chi connectivity index (χ0) is 12.4. The first-order chi connectivity index (χ1) is 8.08. The molecule has 1 aromatic carbocycles. The number of aryl methyl sites for hydroxylation is 2. The van der Waals surface area contributed by atoms with Crippen molar-refractivity contribution in [1.82, 2.24) is 9.78 Å². The van der Waals surface area contributed by atoms with Crippen molar-refractivity contribution in [3.8, 4) is 0 Å². The molecule has 17 heavy (non-hydrogen) atoms. The normalized spacial score (nSPS) is 10.5. The number of rotatable bonds is 3. The van der Waals surface area contributed by atoms with Crippen molar-refractivity contribution in [1.29, 1.82) is 0 Å². The minimum Gasteiger partial charge on any atom is -0.358 e. The molecule has 0 aliphatic carbocycles. The highest BCUT2D eigenvalue weighted by Gasteiger charge is 2.15. The van der Waals surface area contributed by atoms with Gasteiger partial charge in [-0.3, -0.25) is 0 Å². The number of nitro groups is 1. The highest BCUT2D eigenvalue weighted by Crippen LogP contribution is 2.14. The monoisotopic (exact) mass is 231 g/mol. The molecule has 0 amide bonds. The zero-order valence-corrected chi connectivity index (χ0v) is 9.75. The molecule has 5 nitrogen and oxygen atoms in total. The molecule has 0 unspecified atom stereocenters. The van der Waals surface area contributed by atoms with E-state index in [9.17, 15) is 10.1 Å². The molecule has 0 aliphatic heterocycles. The van der Waals surface area contributed by atoms with E-state index in [1.807, 2.05) is 38.1 Å². The smallest absolute Gasteiger partial charge is 0.358 e. The van der Waals surface area contributed by atoms with Gasteiger partial charge in [0, 0.05) is 0 Å². The van der Waals surface area contributed by atoms with Gasteiger partial charge in [0.2, 0.25) is 0 Å². The van der Waals surface area contributed by atoms with Crippen LogP contribution in [0.1, 0.15) is 16.8 Å². The van der Waals surface area contributed by atoms with E-state index in [1.54, 1.807) is 4.68 Å². The average molecular weight is 231 g/mol. The predicted octanol–water partition coefficient (Wildman–Crippen LogP) is 2.46. The SMILES string of the molecule is Cc1ccccc1Cn1nc([N+](=O)[O-])cc1C. The molecule has 1 heterocycles. The minimum absolute atomic E-state index is 0.101. The van der Waals surface area contributed by atoms with Crippen LogP contribution < -0.4 is 0 Å². The van der Waals surface area contributed by atoms with E-state index in [0.717, 1.165) is 16.8 Å². The molecule has 0 atom stereocenters. The van der Waals surface area contributed by atoms with Crippen molar-refractivity contribution < 1.29 is 4.92 Å². The first-order valence-electron chi connectivity index (χ1n) is 5.31. The molecule has 0 aliphatic rings. The predicted molar refractivity (Wildman–Crippen MR) is 63.9 cm³/mol. The summed E-state index contributed by atoms with van der Waals surface area (Å²) in [5.41, 5.74) is 3.07. The van der Waals surface area contributed by atoms with Crippen molar-refractivity contribution in [3.05, 3.63) is 57.3 Å². The van der Waals surface area contributed by atoms with E-state index < -0.39 is 4.92 Å². The minimum atomic E-state index is -0.471. The summed E-state index contributed by atoms with van der Waals surface area (Å²) in [5, 5.41) is 14.6. The van der Waals surface area contributed by atoms with Crippen LogP contribution in [0.4, 0.5) is 5.82 Å². The van der Waals surface area contributed by atoms with Gasteiger partial charge in [-0.1, -0.05) is 24.3 Å². The number of benzene rings is 1. The zero-order valence-electron chi connectivity index (χ0n) is 9.75. The molecule has 0 N–H and O–H groups in total. The molecule has 0 bridgehead atoms. The molecule has 2 rings (SSSR count). The molecule has 0 radical (unpaired) electrons. The number of hydrogen-bond donors (Lipinski definition) is 0. The Morgan fingerprint density at radius 2 is 2.06 bits per heavy atom. The van der Waals surface area contributed by atoms with Crippen molar-refractivity contribution in [3.63, 3.8) is 0 Å². The van der Waals surface area contributed by atoms with Crippen LogP contribution in [0, 0.1) is 24.0 Å². The fourth-order valence-electron chi connectivity index (χ4n) is 1.69. The van der Waals surface area contributed by atoms with Gasteiger partial charge in [-0.15, -0.1) is 0 Å². The van der Waals surface area contributed by atoms with E-state index in [0.29, 0.717) is 6.54 Å². The standard InChI is InChI=1S/C12H13N3O2/c1-9-5-3-4-6-11(9)8-14-10(2)7-12(13-14)15(16)17/h3-7H,8H2,1-2H3. The maximum absolute atomic E-state index is 10.6. The number of hydrogen-bond acceptors (Lipinski definition) is 3. The molecular formula is C12H13N3O2. The third-order valence-electron chi connectivity index (χ3n) is 2.74. The highest BCUT2D eigenvalue weighted by molar-refractivity contribution is 5.27. The lowest BCUT2D eigenvalue weighted by atomic mass is 10.1. The van der Waals surface area contributed by atoms with E-state index in [1.165, 1.54) is 6.07 Å². The molecule has 0 fully saturated rings. The lowest BCUT2D eigenvalue weighted by Crippen LogP contribution is -2.05. The fraction of sp³-hybridized carbons (Fsp3) is 0.250. The first kappa shape index (κ1) is 11.3. The quantitative estimate of drug-likeness (QED) is 0.602. The molecule has 5 heteroatoms. The molecule has 88 valence electrons. The van der Waals surface area contributed by atoms with Crippen LogP contribution in [0.25, 0.3) is 0 Å². The lowest BCUT2D eigenvalue weighted by molar-refractivity contribution is -0.389. The third-order valence-corrected chi connectivity index (χ3v) is 2.74. The first-order valence-corrected chi connectivity index (χ1v) is 5.31. The summed E-state index contributed by atoms with van der Waals surface area (Å²) in [6, 6.07) is 9.43. The molecule has 2 aromatic rings. The second-order valence-corrected chi connectivity index (χ2v) is 3.99. The largest absolute Gasteiger partial charge is 0.390 e. The number of nitrogens with zero attached hydrogens (tertiary/aromatic N) is 3. The molecule has 0 spiro atoms. The highest BCUT2D eigenvalue weighted by atomic mass is 16.6. The average Bonchev–Trinajstić information content (AvgIpc) is 2.64. The van der Waals surface area contributed by atoms with E-state index >= 15 is 0 Å². The van der Waals surface area contributed by atoms with Crippen molar-refractivity contribution in [2.24, 2.45) is 0 Å². The van der Waals surface area contributed by atoms with Gasteiger partial charge in [-0.25, -0.2) is 0 Å². The van der Waals surface area contributed by atoms with E-state index in [4.69, 9.17) is 0 Å². The summed E-state index contributed by atoms with van der Waals surface area (Å²) in [6.07, 6.45) is 0. The maximum atomic E-state index is 10.6. The Balaban J connectivity index is 2.30. The van der Waals surface area contributed by atoms with Gasteiger partial charge in [0.05, 0.1) is 23.4 Å². The number of aromatic nitrogens is 2. The van der Waals surface area contributed by atoms with Gasteiger partial charge in [0.25, 0.3) is 0 Å². The second kappa shape index (κ2) is 4.37. The Bertz CT molecular complexity index is 561. The maximum Gasteiger partial charge on any atom is 0.390 e. The van der Waals surface area contributed by atoms with Crippen LogP contribution in [0.5, 0.6) is 0 Å². The van der Waals surface area contributed by atoms with Crippen LogP contribution in [0.3, 0.4) is 0 Å². The fourth-order valence-corrected chi connectivity index (χ4v) is 1.69. The second-order valence-electron chi connectivity index (χ2n) is 3.99. The van der Waals surface area contributed by atoms with E-state index in [2.05, 4.69) is 5.10 Å². The summed E-state index contributed by atoms with van der Waals surface area (Å²) in [6.45, 7) is 4.40. The van der Waals surface area contributed by atoms with Crippen LogP contribution in [-0.4, -0.2) is 14.7 Å². The lowest BCUT2D eigenvalue weighted by Gasteiger charge is -2.03. The van der Waals surface area contributed by atoms with Gasteiger partial charge in [-0.05, 0) is 29.9 Å². The van der Waals surface area contributed by atoms with Crippen molar-refractivity contribution in [2.75, 3.05) is 0 Å². The van der Waals surface area contributed by atoms with Gasteiger partial charge in [0.15, 0.2) is 0 Å². The summed E-state index contributed by atoms with van der Waals surface area (Å²) in [4.78, 5) is 10.1. The molecule has 1 aromatic heterocycles. The topological polar surface area (TPSA) is 61.0 Å². The Hall–Kier alpha value is -2.17. The Morgan fingerprint density at radius 1 is 1.35 bits per heavy atom. The Morgan fingerprint density at radius 3 is 2.65 bits per heavy atom. The molecular weight excluding hydrogens is 218 g/mol. The molecule has 0 saturated heterocycles. The van der Waals surface area contributed by atoms with Gasteiger partial charge >= 0.3 is 5.82 Å². The Kier molecular flexibility index (Phi) is 2.91. The Labute approximate surface area is 98.8 Å². The summed E-state index contributed by atoms with van der Waals surface area (Å²) in [5.74, 6) is -0.101. The summed E-state index contributed by atoms with van der Waals surface area (Å²) < 4.78 is 1.65.